The molecule has 1 fully saturated rings. The van der Waals surface area contributed by atoms with Gasteiger partial charge in [-0.15, -0.1) is 0 Å². The first-order valence-corrected chi connectivity index (χ1v) is 11.3. The highest BCUT2D eigenvalue weighted by molar-refractivity contribution is 6.01. The Morgan fingerprint density at radius 1 is 0.970 bits per heavy atom. The molecule has 2 aliphatic heterocycles. The van der Waals surface area contributed by atoms with Crippen LogP contribution in [0.1, 0.15) is 49.1 Å². The monoisotopic (exact) mass is 441 g/mol. The number of nitro groups is 1. The number of nitrogens with one attached hydrogen (secondary N) is 2. The molecule has 1 spiro atoms. The summed E-state index contributed by atoms with van der Waals surface area (Å²) in [5.41, 5.74) is 1.50. The van der Waals surface area contributed by atoms with E-state index in [2.05, 4.69) is 10.6 Å². The molecule has 1 atom stereocenters. The second-order valence-electron chi connectivity index (χ2n) is 9.05. The number of nitro benzene ring substituents is 1. The van der Waals surface area contributed by atoms with Crippen LogP contribution in [-0.4, -0.2) is 16.5 Å². The third-order valence-electron chi connectivity index (χ3n) is 7.04. The second kappa shape index (κ2) is 7.33. The maximum absolute atomic E-state index is 13.6. The van der Waals surface area contributed by atoms with Gasteiger partial charge in [0.05, 0.1) is 10.5 Å². The van der Waals surface area contributed by atoms with Gasteiger partial charge in [0.2, 0.25) is 5.88 Å². The largest absolute Gasteiger partial charge is 0.440 e. The van der Waals surface area contributed by atoms with Crippen LogP contribution in [0.15, 0.2) is 72.1 Å². The highest BCUT2D eigenvalue weighted by Crippen LogP contribution is 2.48. The Bertz CT molecular complexity index is 1340. The minimum atomic E-state index is -0.504. The fourth-order valence-corrected chi connectivity index (χ4v) is 5.52. The van der Waals surface area contributed by atoms with Crippen molar-refractivity contribution in [2.24, 2.45) is 0 Å². The van der Waals surface area contributed by atoms with Gasteiger partial charge in [-0.3, -0.25) is 14.9 Å². The van der Waals surface area contributed by atoms with Crippen molar-refractivity contribution in [3.05, 3.63) is 93.4 Å². The summed E-state index contributed by atoms with van der Waals surface area (Å²) in [5, 5.41) is 20.2. The van der Waals surface area contributed by atoms with Crippen molar-refractivity contribution >= 4 is 22.4 Å². The summed E-state index contributed by atoms with van der Waals surface area (Å²) in [4.78, 5) is 24.7. The fraction of sp³-hybridized carbons (Fsp3) is 0.269. The highest BCUT2D eigenvalue weighted by Gasteiger charge is 2.46. The molecule has 6 rings (SSSR count). The van der Waals surface area contributed by atoms with Crippen molar-refractivity contribution in [1.29, 1.82) is 0 Å². The first-order chi connectivity index (χ1) is 16.0. The highest BCUT2D eigenvalue weighted by atomic mass is 16.6. The van der Waals surface area contributed by atoms with E-state index in [1.54, 1.807) is 12.1 Å². The maximum atomic E-state index is 13.6. The van der Waals surface area contributed by atoms with Crippen LogP contribution in [0.25, 0.3) is 10.8 Å². The average Bonchev–Trinajstić information content (AvgIpc) is 2.83. The third-order valence-corrected chi connectivity index (χ3v) is 7.04. The number of benzene rings is 3. The van der Waals surface area contributed by atoms with Gasteiger partial charge in [-0.25, -0.2) is 0 Å². The van der Waals surface area contributed by atoms with Gasteiger partial charge >= 0.3 is 0 Å². The van der Waals surface area contributed by atoms with E-state index in [4.69, 9.17) is 4.74 Å². The molecule has 1 saturated carbocycles. The molecule has 3 aromatic carbocycles. The molecule has 0 radical (unpaired) electrons. The van der Waals surface area contributed by atoms with E-state index in [-0.39, 0.29) is 11.6 Å². The molecule has 3 aliphatic rings. The minimum Gasteiger partial charge on any atom is -0.440 e. The van der Waals surface area contributed by atoms with Crippen LogP contribution in [-0.2, 0) is 4.79 Å². The van der Waals surface area contributed by atoms with E-state index >= 15 is 0 Å². The zero-order valence-electron chi connectivity index (χ0n) is 18.0. The quantitative estimate of drug-likeness (QED) is 0.437. The first kappa shape index (κ1) is 19.8. The lowest BCUT2D eigenvalue weighted by molar-refractivity contribution is -0.384. The molecule has 2 heterocycles. The molecule has 33 heavy (non-hydrogen) atoms. The number of carbonyl (C=O) groups is 1. The average molecular weight is 441 g/mol. The molecule has 7 heteroatoms. The second-order valence-corrected chi connectivity index (χ2v) is 9.05. The lowest BCUT2D eigenvalue weighted by Gasteiger charge is -2.46. The number of nitrogens with zero attached hydrogens (tertiary/aromatic N) is 1. The van der Waals surface area contributed by atoms with Crippen LogP contribution in [0, 0.1) is 10.1 Å². The van der Waals surface area contributed by atoms with Crippen LogP contribution in [0.4, 0.5) is 5.69 Å². The Kier molecular flexibility index (Phi) is 4.40. The lowest BCUT2D eigenvalue weighted by atomic mass is 9.78. The normalized spacial score (nSPS) is 21.0. The Balaban J connectivity index is 1.58. The van der Waals surface area contributed by atoms with E-state index in [1.165, 1.54) is 6.07 Å². The summed E-state index contributed by atoms with van der Waals surface area (Å²) in [6.45, 7) is 0. The summed E-state index contributed by atoms with van der Waals surface area (Å²) < 4.78 is 6.35. The molecule has 1 amide bonds. The molecule has 166 valence electrons. The third kappa shape index (κ3) is 3.15. The van der Waals surface area contributed by atoms with Crippen LogP contribution >= 0.6 is 0 Å². The topological polar surface area (TPSA) is 93.5 Å². The summed E-state index contributed by atoms with van der Waals surface area (Å²) >= 11 is 0. The van der Waals surface area contributed by atoms with Gasteiger partial charge in [0.25, 0.3) is 11.6 Å². The Hall–Kier alpha value is -3.87. The predicted molar refractivity (Wildman–Crippen MR) is 124 cm³/mol. The SMILES string of the molecule is O=C1NC2(CCCCC2)NC2=C1C(c1cccc([N+](=O)[O-])c1)c1c(ccc3ccccc13)O2. The van der Waals surface area contributed by atoms with Crippen LogP contribution in [0.2, 0.25) is 0 Å². The van der Waals surface area contributed by atoms with E-state index in [1.807, 2.05) is 42.5 Å². The standard InChI is InChI=1S/C26H23N3O4/c30-24-23-21(17-8-6-9-18(15-17)29(31)32)22-19-10-3-2-7-16(19)11-12-20(22)33-25(23)28-26(27-24)13-4-1-5-14-26/h2-3,6-12,15,21,28H,1,4-5,13-14H2,(H,27,30). The fourth-order valence-electron chi connectivity index (χ4n) is 5.52. The van der Waals surface area contributed by atoms with E-state index in [9.17, 15) is 14.9 Å². The molecule has 1 aliphatic carbocycles. The molecule has 3 aromatic rings. The number of rotatable bonds is 2. The Labute approximate surface area is 190 Å². The Morgan fingerprint density at radius 3 is 2.61 bits per heavy atom. The minimum absolute atomic E-state index is 0.00384. The van der Waals surface area contributed by atoms with Gasteiger partial charge < -0.3 is 15.4 Å². The zero-order chi connectivity index (χ0) is 22.6. The van der Waals surface area contributed by atoms with Crippen LogP contribution in [0.5, 0.6) is 5.75 Å². The van der Waals surface area contributed by atoms with E-state index in [0.717, 1.165) is 48.4 Å². The number of non-ortho nitro benzene ring substituents is 1. The van der Waals surface area contributed by atoms with Crippen molar-refractivity contribution in [2.45, 2.75) is 43.7 Å². The van der Waals surface area contributed by atoms with Gasteiger partial charge in [0.15, 0.2) is 0 Å². The number of hydrogen-bond acceptors (Lipinski definition) is 5. The Morgan fingerprint density at radius 2 is 1.79 bits per heavy atom. The molecule has 0 saturated heterocycles. The van der Waals surface area contributed by atoms with Crippen molar-refractivity contribution in [3.63, 3.8) is 0 Å². The number of ether oxygens (including phenoxy) is 1. The molecule has 0 aromatic heterocycles. The van der Waals surface area contributed by atoms with Crippen molar-refractivity contribution in [1.82, 2.24) is 10.6 Å². The van der Waals surface area contributed by atoms with Gasteiger partial charge in [0.1, 0.15) is 11.4 Å². The summed E-state index contributed by atoms with van der Waals surface area (Å²) in [5.74, 6) is 0.445. The van der Waals surface area contributed by atoms with Gasteiger partial charge in [-0.2, -0.15) is 0 Å². The number of carbonyl (C=O) groups excluding carboxylic acids is 1. The van der Waals surface area contributed by atoms with E-state index in [0.29, 0.717) is 22.8 Å². The number of hydrogen-bond donors (Lipinski definition) is 2. The van der Waals surface area contributed by atoms with Crippen LogP contribution < -0.4 is 15.4 Å². The van der Waals surface area contributed by atoms with Crippen LogP contribution in [0.3, 0.4) is 0 Å². The molecule has 7 nitrogen and oxygen atoms in total. The van der Waals surface area contributed by atoms with Gasteiger partial charge in [-0.1, -0.05) is 48.9 Å². The molecule has 2 N–H and O–H groups in total. The molecule has 1 unspecified atom stereocenters. The number of amides is 1. The van der Waals surface area contributed by atoms with Gasteiger partial charge in [0, 0.05) is 23.6 Å². The first-order valence-electron chi connectivity index (χ1n) is 11.3. The summed E-state index contributed by atoms with van der Waals surface area (Å²) in [6.07, 6.45) is 4.89. The van der Waals surface area contributed by atoms with Gasteiger partial charge in [-0.05, 0) is 48.1 Å². The predicted octanol–water partition coefficient (Wildman–Crippen LogP) is 4.86. The lowest BCUT2D eigenvalue weighted by Crippen LogP contribution is -2.64. The molecular weight excluding hydrogens is 418 g/mol. The number of fused-ring (bicyclic) bond motifs is 3. The van der Waals surface area contributed by atoms with Crippen molar-refractivity contribution in [3.8, 4) is 5.75 Å². The summed E-state index contributed by atoms with van der Waals surface area (Å²) in [6, 6.07) is 18.4. The maximum Gasteiger partial charge on any atom is 0.269 e. The smallest absolute Gasteiger partial charge is 0.269 e. The van der Waals surface area contributed by atoms with E-state index < -0.39 is 16.5 Å². The molecule has 0 bridgehead atoms. The zero-order valence-corrected chi connectivity index (χ0v) is 18.0. The van der Waals surface area contributed by atoms with Crippen molar-refractivity contribution < 1.29 is 14.5 Å². The van der Waals surface area contributed by atoms with Crippen molar-refractivity contribution in [2.75, 3.05) is 0 Å². The summed E-state index contributed by atoms with van der Waals surface area (Å²) in [7, 11) is 0. The molecular formula is C26H23N3O4.